The van der Waals surface area contributed by atoms with Crippen LogP contribution in [0.1, 0.15) is 33.6 Å². The van der Waals surface area contributed by atoms with E-state index in [1.165, 1.54) is 12.8 Å². The maximum atomic E-state index is 11.9. The molecule has 0 heterocycles. The van der Waals surface area contributed by atoms with Gasteiger partial charge in [-0.25, -0.2) is 4.79 Å². The van der Waals surface area contributed by atoms with E-state index < -0.39 is 5.60 Å². The van der Waals surface area contributed by atoms with Gasteiger partial charge in [-0.05, 0) is 39.5 Å². The Morgan fingerprint density at radius 2 is 2.06 bits per heavy atom. The van der Waals surface area contributed by atoms with Gasteiger partial charge in [-0.2, -0.15) is 0 Å². The first-order valence-corrected chi connectivity index (χ1v) is 6.10. The molecule has 1 aliphatic carbocycles. The van der Waals surface area contributed by atoms with E-state index in [2.05, 4.69) is 13.2 Å². The molecule has 96 valence electrons. The Morgan fingerprint density at radius 1 is 1.47 bits per heavy atom. The summed E-state index contributed by atoms with van der Waals surface area (Å²) in [5.74, 6) is 0.602. The third kappa shape index (κ3) is 5.07. The average molecular weight is 237 g/mol. The molecule has 0 unspecified atom stereocenters. The third-order valence-corrected chi connectivity index (χ3v) is 2.55. The Kier molecular flexibility index (Phi) is 4.38. The number of amides is 1. The van der Waals surface area contributed by atoms with E-state index in [4.69, 9.17) is 4.74 Å². The van der Waals surface area contributed by atoms with Crippen LogP contribution in [0, 0.1) is 5.92 Å². The molecular formula is C14H23NO2. The van der Waals surface area contributed by atoms with E-state index in [0.29, 0.717) is 19.0 Å². The maximum Gasteiger partial charge on any atom is 0.410 e. The van der Waals surface area contributed by atoms with Gasteiger partial charge in [-0.1, -0.05) is 18.2 Å². The fourth-order valence-corrected chi connectivity index (χ4v) is 1.55. The number of hydrogen-bond acceptors (Lipinski definition) is 2. The fourth-order valence-electron chi connectivity index (χ4n) is 1.55. The van der Waals surface area contributed by atoms with Gasteiger partial charge in [-0.15, -0.1) is 6.58 Å². The highest BCUT2D eigenvalue weighted by Crippen LogP contribution is 2.35. The molecule has 1 rings (SSSR count). The van der Waals surface area contributed by atoms with Crippen molar-refractivity contribution < 1.29 is 9.53 Å². The van der Waals surface area contributed by atoms with Crippen molar-refractivity contribution in [2.24, 2.45) is 5.92 Å². The zero-order valence-corrected chi connectivity index (χ0v) is 11.2. The summed E-state index contributed by atoms with van der Waals surface area (Å²) >= 11 is 0. The minimum atomic E-state index is -0.461. The standard InChI is InChI=1S/C14H23NO2/c1-6-9-15(10-11(2)12-7-8-12)13(16)17-14(3,4)5/h6,12H,1-2,7-10H2,3-5H3. The number of nitrogens with zero attached hydrogens (tertiary/aromatic N) is 1. The summed E-state index contributed by atoms with van der Waals surface area (Å²) in [7, 11) is 0. The second-order valence-corrected chi connectivity index (χ2v) is 5.58. The summed E-state index contributed by atoms with van der Waals surface area (Å²) in [5, 5.41) is 0. The van der Waals surface area contributed by atoms with Gasteiger partial charge in [0.15, 0.2) is 0 Å². The smallest absolute Gasteiger partial charge is 0.410 e. The Hall–Kier alpha value is -1.25. The van der Waals surface area contributed by atoms with Crippen LogP contribution in [0.2, 0.25) is 0 Å². The zero-order chi connectivity index (χ0) is 13.1. The first-order chi connectivity index (χ1) is 7.83. The molecule has 0 aromatic rings. The number of ether oxygens (including phenoxy) is 1. The minimum absolute atomic E-state index is 0.292. The van der Waals surface area contributed by atoms with Crippen molar-refractivity contribution in [2.75, 3.05) is 13.1 Å². The molecule has 17 heavy (non-hydrogen) atoms. The highest BCUT2D eigenvalue weighted by Gasteiger charge is 2.28. The van der Waals surface area contributed by atoms with Crippen molar-refractivity contribution >= 4 is 6.09 Å². The topological polar surface area (TPSA) is 29.5 Å². The fraction of sp³-hybridized carbons (Fsp3) is 0.643. The average Bonchev–Trinajstić information content (AvgIpc) is 2.97. The number of hydrogen-bond donors (Lipinski definition) is 0. The van der Waals surface area contributed by atoms with Gasteiger partial charge >= 0.3 is 6.09 Å². The lowest BCUT2D eigenvalue weighted by Crippen LogP contribution is -2.38. The normalized spacial score (nSPS) is 15.2. The SMILES string of the molecule is C=CCN(CC(=C)C1CC1)C(=O)OC(C)(C)C. The molecule has 1 aliphatic rings. The molecule has 0 aliphatic heterocycles. The molecule has 1 saturated carbocycles. The van der Waals surface area contributed by atoms with Gasteiger partial charge in [0.2, 0.25) is 0 Å². The van der Waals surface area contributed by atoms with Crippen LogP contribution in [-0.4, -0.2) is 29.7 Å². The lowest BCUT2D eigenvalue weighted by Gasteiger charge is -2.27. The van der Waals surface area contributed by atoms with Gasteiger partial charge in [0.1, 0.15) is 5.60 Å². The van der Waals surface area contributed by atoms with Crippen LogP contribution in [0.3, 0.4) is 0 Å². The Morgan fingerprint density at radius 3 is 2.47 bits per heavy atom. The van der Waals surface area contributed by atoms with Crippen LogP contribution in [0.5, 0.6) is 0 Å². The van der Waals surface area contributed by atoms with Gasteiger partial charge in [0.05, 0.1) is 0 Å². The molecule has 0 aromatic carbocycles. The predicted octanol–water partition coefficient (Wildman–Crippen LogP) is 3.38. The zero-order valence-electron chi connectivity index (χ0n) is 11.2. The molecule has 1 amide bonds. The van der Waals surface area contributed by atoms with Crippen molar-refractivity contribution in [1.29, 1.82) is 0 Å². The molecule has 0 aromatic heterocycles. The number of carbonyl (C=O) groups is 1. The second-order valence-electron chi connectivity index (χ2n) is 5.58. The van der Waals surface area contributed by atoms with Crippen molar-refractivity contribution in [3.05, 3.63) is 24.8 Å². The van der Waals surface area contributed by atoms with Gasteiger partial charge < -0.3 is 9.64 Å². The first-order valence-electron chi connectivity index (χ1n) is 6.10. The highest BCUT2D eigenvalue weighted by atomic mass is 16.6. The summed E-state index contributed by atoms with van der Waals surface area (Å²) < 4.78 is 5.35. The summed E-state index contributed by atoms with van der Waals surface area (Å²) in [6, 6.07) is 0. The lowest BCUT2D eigenvalue weighted by molar-refractivity contribution is 0.0286. The van der Waals surface area contributed by atoms with Crippen LogP contribution in [0.25, 0.3) is 0 Å². The molecule has 0 atom stereocenters. The quantitative estimate of drug-likeness (QED) is 0.686. The monoisotopic (exact) mass is 237 g/mol. The van der Waals surface area contributed by atoms with Crippen molar-refractivity contribution in [3.63, 3.8) is 0 Å². The largest absolute Gasteiger partial charge is 0.444 e. The summed E-state index contributed by atoms with van der Waals surface area (Å²) in [6.45, 7) is 14.4. The molecule has 0 radical (unpaired) electrons. The van der Waals surface area contributed by atoms with Crippen molar-refractivity contribution in [1.82, 2.24) is 4.90 Å². The van der Waals surface area contributed by atoms with E-state index >= 15 is 0 Å². The van der Waals surface area contributed by atoms with E-state index in [1.54, 1.807) is 11.0 Å². The van der Waals surface area contributed by atoms with Gasteiger partial charge in [0.25, 0.3) is 0 Å². The number of carbonyl (C=O) groups excluding carboxylic acids is 1. The van der Waals surface area contributed by atoms with E-state index in [-0.39, 0.29) is 6.09 Å². The minimum Gasteiger partial charge on any atom is -0.444 e. The second kappa shape index (κ2) is 5.39. The maximum absolute atomic E-state index is 11.9. The molecule has 0 saturated heterocycles. The van der Waals surface area contributed by atoms with E-state index in [9.17, 15) is 4.79 Å². The molecular weight excluding hydrogens is 214 g/mol. The van der Waals surface area contributed by atoms with Crippen LogP contribution in [-0.2, 0) is 4.74 Å². The van der Waals surface area contributed by atoms with Crippen LogP contribution in [0.15, 0.2) is 24.8 Å². The lowest BCUT2D eigenvalue weighted by atomic mass is 10.2. The summed E-state index contributed by atoms with van der Waals surface area (Å²) in [5.41, 5.74) is 0.662. The van der Waals surface area contributed by atoms with E-state index in [0.717, 1.165) is 5.57 Å². The first kappa shape index (κ1) is 13.8. The summed E-state index contributed by atoms with van der Waals surface area (Å²) in [4.78, 5) is 13.6. The Labute approximate surface area is 104 Å². The third-order valence-electron chi connectivity index (χ3n) is 2.55. The molecule has 0 bridgehead atoms. The van der Waals surface area contributed by atoms with Crippen molar-refractivity contribution in [3.8, 4) is 0 Å². The van der Waals surface area contributed by atoms with Gasteiger partial charge in [0, 0.05) is 13.1 Å². The number of rotatable bonds is 5. The van der Waals surface area contributed by atoms with Crippen LogP contribution >= 0.6 is 0 Å². The molecule has 3 nitrogen and oxygen atoms in total. The molecule has 1 fully saturated rings. The summed E-state index contributed by atoms with van der Waals surface area (Å²) in [6.07, 6.45) is 3.83. The highest BCUT2D eigenvalue weighted by molar-refractivity contribution is 5.68. The predicted molar refractivity (Wildman–Crippen MR) is 69.9 cm³/mol. The van der Waals surface area contributed by atoms with Gasteiger partial charge in [-0.3, -0.25) is 0 Å². The molecule has 0 spiro atoms. The van der Waals surface area contributed by atoms with Crippen molar-refractivity contribution in [2.45, 2.75) is 39.2 Å². The Balaban J connectivity index is 2.54. The van der Waals surface area contributed by atoms with E-state index in [1.807, 2.05) is 20.8 Å². The Bertz CT molecular complexity index is 311. The van der Waals surface area contributed by atoms with Crippen LogP contribution in [0.4, 0.5) is 4.79 Å². The van der Waals surface area contributed by atoms with Crippen LogP contribution < -0.4 is 0 Å². The molecule has 3 heteroatoms. The molecule has 0 N–H and O–H groups in total.